The number of rotatable bonds is 7. The molecule has 0 spiro atoms. The van der Waals surface area contributed by atoms with Crippen LogP contribution >= 0.6 is 35.7 Å². The Morgan fingerprint density at radius 3 is 2.72 bits per heavy atom. The van der Waals surface area contributed by atoms with Gasteiger partial charge in [-0.25, -0.2) is 0 Å². The summed E-state index contributed by atoms with van der Waals surface area (Å²) < 4.78 is 7.62. The molecule has 0 bridgehead atoms. The number of guanidine groups is 1. The number of hydrogen-bond donors (Lipinski definition) is 1. The Kier molecular flexibility index (Phi) is 10.2. The van der Waals surface area contributed by atoms with E-state index in [0.717, 1.165) is 57.4 Å². The molecule has 2 rings (SSSR count). The molecule has 1 N–H and O–H groups in total. The number of halogens is 1. The third-order valence-electron chi connectivity index (χ3n) is 4.25. The Bertz CT molecular complexity index is 525. The van der Waals surface area contributed by atoms with E-state index in [1.165, 1.54) is 5.56 Å². The van der Waals surface area contributed by atoms with Gasteiger partial charge in [0.05, 0.1) is 12.7 Å². The van der Waals surface area contributed by atoms with Gasteiger partial charge < -0.3 is 15.0 Å². The van der Waals surface area contributed by atoms with Crippen LogP contribution in [-0.2, 0) is 18.3 Å². The van der Waals surface area contributed by atoms with Gasteiger partial charge in [0.1, 0.15) is 0 Å². The second-order valence-electron chi connectivity index (χ2n) is 6.28. The molecule has 25 heavy (non-hydrogen) atoms. The van der Waals surface area contributed by atoms with E-state index >= 15 is 0 Å². The van der Waals surface area contributed by atoms with Crippen LogP contribution in [0.3, 0.4) is 0 Å². The number of nitrogens with one attached hydrogen (secondary N) is 1. The van der Waals surface area contributed by atoms with Gasteiger partial charge in [0.2, 0.25) is 0 Å². The topological polar surface area (TPSA) is 54.7 Å². The van der Waals surface area contributed by atoms with Crippen LogP contribution in [0, 0.1) is 0 Å². The highest BCUT2D eigenvalue weighted by molar-refractivity contribution is 14.0. The molecule has 0 amide bonds. The normalized spacial score (nSPS) is 17.0. The quantitative estimate of drug-likeness (QED) is 0.369. The molecule has 1 aromatic rings. The Hall–Kier alpha value is -0.480. The fraction of sp³-hybridized carbons (Fsp3) is 0.765. The van der Waals surface area contributed by atoms with E-state index in [-0.39, 0.29) is 28.7 Å². The highest BCUT2D eigenvalue weighted by Crippen LogP contribution is 2.35. The van der Waals surface area contributed by atoms with Gasteiger partial charge in [-0.2, -0.15) is 16.9 Å². The van der Waals surface area contributed by atoms with Crippen molar-refractivity contribution in [3.05, 3.63) is 18.0 Å². The summed E-state index contributed by atoms with van der Waals surface area (Å²) in [6.45, 7) is 8.55. The zero-order valence-corrected chi connectivity index (χ0v) is 19.0. The lowest BCUT2D eigenvalue weighted by molar-refractivity contribution is 0.0793. The molecule has 1 aliphatic rings. The van der Waals surface area contributed by atoms with Crippen molar-refractivity contribution < 1.29 is 4.74 Å². The molecule has 144 valence electrons. The van der Waals surface area contributed by atoms with Crippen LogP contribution in [0.1, 0.15) is 32.3 Å². The Morgan fingerprint density at radius 1 is 1.44 bits per heavy atom. The summed E-state index contributed by atoms with van der Waals surface area (Å²) >= 11 is 2.03. The molecule has 0 aliphatic carbocycles. The molecular formula is C17H32IN5OS. The summed E-state index contributed by atoms with van der Waals surface area (Å²) in [6, 6.07) is 0. The van der Waals surface area contributed by atoms with Gasteiger partial charge in [0.15, 0.2) is 5.96 Å². The molecule has 0 aromatic carbocycles. The fourth-order valence-electron chi connectivity index (χ4n) is 2.99. The molecule has 1 aliphatic heterocycles. The first-order valence-corrected chi connectivity index (χ1v) is 9.76. The van der Waals surface area contributed by atoms with Crippen molar-refractivity contribution in [3.8, 4) is 0 Å². The molecule has 0 radical (unpaired) electrons. The molecule has 1 aromatic heterocycles. The van der Waals surface area contributed by atoms with Crippen LogP contribution in [0.4, 0.5) is 0 Å². The number of thioether (sulfide) groups is 1. The van der Waals surface area contributed by atoms with E-state index in [1.807, 2.05) is 35.9 Å². The van der Waals surface area contributed by atoms with E-state index in [2.05, 4.69) is 36.2 Å². The molecule has 8 heteroatoms. The van der Waals surface area contributed by atoms with Gasteiger partial charge in [0, 0.05) is 56.9 Å². The number of aryl methyl sites for hydroxylation is 1. The van der Waals surface area contributed by atoms with Gasteiger partial charge in [-0.15, -0.1) is 24.0 Å². The minimum Gasteiger partial charge on any atom is -0.381 e. The zero-order valence-electron chi connectivity index (χ0n) is 15.8. The molecule has 0 atom stereocenters. The van der Waals surface area contributed by atoms with E-state index in [1.54, 1.807) is 0 Å². The van der Waals surface area contributed by atoms with Crippen LogP contribution in [0.25, 0.3) is 0 Å². The van der Waals surface area contributed by atoms with Crippen molar-refractivity contribution in [1.82, 2.24) is 20.0 Å². The number of ether oxygens (including phenoxy) is 1. The van der Waals surface area contributed by atoms with Crippen molar-refractivity contribution in [1.29, 1.82) is 0 Å². The maximum atomic E-state index is 5.56. The van der Waals surface area contributed by atoms with Crippen LogP contribution in [0.2, 0.25) is 0 Å². The van der Waals surface area contributed by atoms with E-state index in [4.69, 9.17) is 9.73 Å². The molecule has 1 saturated heterocycles. The Labute approximate surface area is 173 Å². The van der Waals surface area contributed by atoms with Gasteiger partial charge >= 0.3 is 0 Å². The minimum absolute atomic E-state index is 0. The van der Waals surface area contributed by atoms with E-state index in [9.17, 15) is 0 Å². The first-order chi connectivity index (χ1) is 11.6. The van der Waals surface area contributed by atoms with Gasteiger partial charge in [-0.05, 0) is 25.5 Å². The van der Waals surface area contributed by atoms with Crippen molar-refractivity contribution in [2.75, 3.05) is 39.1 Å². The summed E-state index contributed by atoms with van der Waals surface area (Å²) in [6.07, 6.45) is 6.13. The van der Waals surface area contributed by atoms with Crippen LogP contribution in [-0.4, -0.2) is 64.5 Å². The predicted molar refractivity (Wildman–Crippen MR) is 117 cm³/mol. The van der Waals surface area contributed by atoms with E-state index in [0.29, 0.717) is 0 Å². The molecule has 6 nitrogen and oxygen atoms in total. The SMILES string of the molecule is CCNC(=NCC1(SCC)CCOCC1)N(C)Cc1cnn(C)c1.I. The first-order valence-electron chi connectivity index (χ1n) is 8.77. The minimum atomic E-state index is 0. The number of aromatic nitrogens is 2. The average Bonchev–Trinajstić information content (AvgIpc) is 2.97. The number of hydrogen-bond acceptors (Lipinski definition) is 4. The van der Waals surface area contributed by atoms with Crippen molar-refractivity contribution in [2.24, 2.45) is 12.0 Å². The van der Waals surface area contributed by atoms with Crippen LogP contribution in [0.5, 0.6) is 0 Å². The van der Waals surface area contributed by atoms with Crippen molar-refractivity contribution >= 4 is 41.7 Å². The summed E-state index contributed by atoms with van der Waals surface area (Å²) in [5, 5.41) is 7.66. The first kappa shape index (κ1) is 22.6. The predicted octanol–water partition coefficient (Wildman–Crippen LogP) is 2.74. The third-order valence-corrected chi connectivity index (χ3v) is 5.68. The monoisotopic (exact) mass is 481 g/mol. The van der Waals surface area contributed by atoms with E-state index < -0.39 is 0 Å². The molecule has 0 saturated carbocycles. The maximum absolute atomic E-state index is 5.56. The van der Waals surface area contributed by atoms with Crippen molar-refractivity contribution in [2.45, 2.75) is 38.0 Å². The second kappa shape index (κ2) is 11.3. The Balaban J connectivity index is 0.00000312. The lowest BCUT2D eigenvalue weighted by Gasteiger charge is -2.35. The number of nitrogens with zero attached hydrogens (tertiary/aromatic N) is 4. The van der Waals surface area contributed by atoms with Crippen LogP contribution < -0.4 is 5.32 Å². The lowest BCUT2D eigenvalue weighted by atomic mass is 9.99. The standard InChI is InChI=1S/C17H31N5OS.HI/c1-5-18-16(21(3)12-15-11-20-22(4)13-15)19-14-17(24-6-2)7-9-23-10-8-17;/h11,13H,5-10,12,14H2,1-4H3,(H,18,19);1H. The zero-order chi connectivity index (χ0) is 17.4. The summed E-state index contributed by atoms with van der Waals surface area (Å²) in [4.78, 5) is 7.13. The van der Waals surface area contributed by atoms with Crippen molar-refractivity contribution in [3.63, 3.8) is 0 Å². The highest BCUT2D eigenvalue weighted by Gasteiger charge is 2.32. The maximum Gasteiger partial charge on any atom is 0.194 e. The Morgan fingerprint density at radius 2 is 2.16 bits per heavy atom. The summed E-state index contributed by atoms with van der Waals surface area (Å²) in [7, 11) is 4.03. The molecule has 1 fully saturated rings. The fourth-order valence-corrected chi connectivity index (χ4v) is 4.21. The summed E-state index contributed by atoms with van der Waals surface area (Å²) in [5.41, 5.74) is 1.19. The average molecular weight is 481 g/mol. The number of aliphatic imine (C=N–C) groups is 1. The van der Waals surface area contributed by atoms with Crippen LogP contribution in [0.15, 0.2) is 17.4 Å². The highest BCUT2D eigenvalue weighted by atomic mass is 127. The summed E-state index contributed by atoms with van der Waals surface area (Å²) in [5.74, 6) is 2.08. The van der Waals surface area contributed by atoms with Gasteiger partial charge in [-0.1, -0.05) is 6.92 Å². The third kappa shape index (κ3) is 6.97. The molecule has 0 unspecified atom stereocenters. The van der Waals surface area contributed by atoms with Gasteiger partial charge in [0.25, 0.3) is 0 Å². The molecular weight excluding hydrogens is 449 g/mol. The molecule has 2 heterocycles. The largest absolute Gasteiger partial charge is 0.381 e. The van der Waals surface area contributed by atoms with Gasteiger partial charge in [-0.3, -0.25) is 9.67 Å². The second-order valence-corrected chi connectivity index (χ2v) is 8.01. The lowest BCUT2D eigenvalue weighted by Crippen LogP contribution is -2.41. The smallest absolute Gasteiger partial charge is 0.194 e.